The summed E-state index contributed by atoms with van der Waals surface area (Å²) in [5.41, 5.74) is 0. The Morgan fingerprint density at radius 2 is 2.35 bits per heavy atom. The number of hydrogen-bond donors (Lipinski definition) is 1. The molecule has 0 unspecified atom stereocenters. The Bertz CT molecular complexity index is 622. The monoisotopic (exact) mass is 294 g/mol. The summed E-state index contributed by atoms with van der Waals surface area (Å²) in [6.07, 6.45) is 2.13. The van der Waals surface area contributed by atoms with Crippen LogP contribution in [-0.2, 0) is 13.5 Å². The number of aryl methyl sites for hydroxylation is 1. The summed E-state index contributed by atoms with van der Waals surface area (Å²) in [5, 5.41) is 8.63. The molecule has 0 radical (unpaired) electrons. The van der Waals surface area contributed by atoms with Crippen LogP contribution >= 0.6 is 11.3 Å². The van der Waals surface area contributed by atoms with Gasteiger partial charge < -0.3 is 14.8 Å². The Hall–Kier alpha value is -2.09. The number of carbonyl (C=O) groups excluding carboxylic acids is 1. The Balaban J connectivity index is 1.59. The molecule has 0 saturated carbocycles. The SMILES string of the molecule is Cn1ncnc1CCNC(=O)c1scc2c1OCCO2. The molecule has 1 aliphatic rings. The number of rotatable bonds is 4. The highest BCUT2D eigenvalue weighted by molar-refractivity contribution is 7.12. The van der Waals surface area contributed by atoms with E-state index in [9.17, 15) is 4.79 Å². The zero-order chi connectivity index (χ0) is 13.9. The summed E-state index contributed by atoms with van der Waals surface area (Å²) < 4.78 is 12.6. The van der Waals surface area contributed by atoms with Crippen LogP contribution in [0.5, 0.6) is 11.5 Å². The zero-order valence-corrected chi connectivity index (χ0v) is 11.8. The molecule has 2 aromatic heterocycles. The second-order valence-electron chi connectivity index (χ2n) is 4.26. The lowest BCUT2D eigenvalue weighted by Crippen LogP contribution is -2.26. The highest BCUT2D eigenvalue weighted by atomic mass is 32.1. The molecular weight excluding hydrogens is 280 g/mol. The molecule has 8 heteroatoms. The number of fused-ring (bicyclic) bond motifs is 1. The number of nitrogens with one attached hydrogen (secondary N) is 1. The van der Waals surface area contributed by atoms with Gasteiger partial charge in [0.25, 0.3) is 5.91 Å². The molecule has 3 heterocycles. The number of ether oxygens (including phenoxy) is 2. The van der Waals surface area contributed by atoms with Crippen molar-refractivity contribution in [3.05, 3.63) is 22.4 Å². The van der Waals surface area contributed by atoms with E-state index in [-0.39, 0.29) is 5.91 Å². The normalized spacial score (nSPS) is 13.2. The van der Waals surface area contributed by atoms with Gasteiger partial charge >= 0.3 is 0 Å². The summed E-state index contributed by atoms with van der Waals surface area (Å²) in [5.74, 6) is 1.89. The van der Waals surface area contributed by atoms with E-state index < -0.39 is 0 Å². The standard InChI is InChI=1S/C12H14N4O3S/c1-16-9(14-7-15-16)2-3-13-12(17)11-10-8(6-20-11)18-4-5-19-10/h6-7H,2-5H2,1H3,(H,13,17). The summed E-state index contributed by atoms with van der Waals surface area (Å²) in [4.78, 5) is 16.8. The van der Waals surface area contributed by atoms with Crippen LogP contribution in [0.1, 0.15) is 15.5 Å². The van der Waals surface area contributed by atoms with Crippen LogP contribution in [0.2, 0.25) is 0 Å². The number of amides is 1. The van der Waals surface area contributed by atoms with Crippen LogP contribution in [0.25, 0.3) is 0 Å². The molecule has 106 valence electrons. The van der Waals surface area contributed by atoms with Crippen LogP contribution in [0.4, 0.5) is 0 Å². The largest absolute Gasteiger partial charge is 0.485 e. The number of hydrogen-bond acceptors (Lipinski definition) is 6. The van der Waals surface area contributed by atoms with Crippen LogP contribution in [-0.4, -0.2) is 40.4 Å². The van der Waals surface area contributed by atoms with Crippen molar-refractivity contribution in [1.29, 1.82) is 0 Å². The lowest BCUT2D eigenvalue weighted by atomic mass is 10.3. The van der Waals surface area contributed by atoms with Gasteiger partial charge in [0, 0.05) is 25.4 Å². The molecule has 2 aromatic rings. The van der Waals surface area contributed by atoms with E-state index in [1.807, 2.05) is 7.05 Å². The molecule has 20 heavy (non-hydrogen) atoms. The van der Waals surface area contributed by atoms with Crippen LogP contribution < -0.4 is 14.8 Å². The molecule has 1 N–H and O–H groups in total. The van der Waals surface area contributed by atoms with Gasteiger partial charge in [0.05, 0.1) is 0 Å². The maximum absolute atomic E-state index is 12.1. The summed E-state index contributed by atoms with van der Waals surface area (Å²) in [6, 6.07) is 0. The molecule has 3 rings (SSSR count). The molecule has 0 aliphatic carbocycles. The molecule has 0 fully saturated rings. The molecule has 0 aromatic carbocycles. The molecule has 1 aliphatic heterocycles. The quantitative estimate of drug-likeness (QED) is 0.894. The van der Waals surface area contributed by atoms with E-state index in [4.69, 9.17) is 9.47 Å². The van der Waals surface area contributed by atoms with Crippen molar-refractivity contribution in [2.45, 2.75) is 6.42 Å². The van der Waals surface area contributed by atoms with Crippen molar-refractivity contribution < 1.29 is 14.3 Å². The van der Waals surface area contributed by atoms with Gasteiger partial charge in [-0.05, 0) is 0 Å². The second-order valence-corrected chi connectivity index (χ2v) is 5.14. The van der Waals surface area contributed by atoms with Gasteiger partial charge in [0.1, 0.15) is 30.2 Å². The maximum Gasteiger partial charge on any atom is 0.265 e. The molecule has 0 atom stereocenters. The summed E-state index contributed by atoms with van der Waals surface area (Å²) >= 11 is 1.33. The Labute approximate surface area is 119 Å². The van der Waals surface area contributed by atoms with Gasteiger partial charge in [-0.2, -0.15) is 5.10 Å². The molecule has 0 bridgehead atoms. The third-order valence-electron chi connectivity index (χ3n) is 2.95. The fourth-order valence-electron chi connectivity index (χ4n) is 1.93. The first kappa shape index (κ1) is 12.9. The Kier molecular flexibility index (Phi) is 3.55. The molecule has 1 amide bonds. The molecule has 0 spiro atoms. The predicted octanol–water partition coefficient (Wildman–Crippen LogP) is 0.620. The maximum atomic E-state index is 12.1. The van der Waals surface area contributed by atoms with Gasteiger partial charge in [-0.25, -0.2) is 4.98 Å². The second kappa shape index (κ2) is 5.49. The fraction of sp³-hybridized carbons (Fsp3) is 0.417. The van der Waals surface area contributed by atoms with Gasteiger partial charge in [-0.15, -0.1) is 11.3 Å². The fourth-order valence-corrected chi connectivity index (χ4v) is 2.78. The van der Waals surface area contributed by atoms with Crippen molar-refractivity contribution in [3.8, 4) is 11.5 Å². The first-order chi connectivity index (χ1) is 9.75. The third kappa shape index (κ3) is 2.46. The van der Waals surface area contributed by atoms with Crippen LogP contribution in [0, 0.1) is 0 Å². The minimum atomic E-state index is -0.149. The van der Waals surface area contributed by atoms with Crippen molar-refractivity contribution in [1.82, 2.24) is 20.1 Å². The number of nitrogens with zero attached hydrogens (tertiary/aromatic N) is 3. The molecular formula is C12H14N4O3S. The summed E-state index contributed by atoms with van der Waals surface area (Å²) in [6.45, 7) is 1.50. The van der Waals surface area contributed by atoms with Crippen LogP contribution in [0.15, 0.2) is 11.7 Å². The summed E-state index contributed by atoms with van der Waals surface area (Å²) in [7, 11) is 1.82. The van der Waals surface area contributed by atoms with Crippen molar-refractivity contribution in [2.24, 2.45) is 7.05 Å². The minimum absolute atomic E-state index is 0.149. The van der Waals surface area contributed by atoms with E-state index in [0.717, 1.165) is 5.82 Å². The van der Waals surface area contributed by atoms with E-state index in [1.165, 1.54) is 17.7 Å². The van der Waals surface area contributed by atoms with Gasteiger partial charge in [0.15, 0.2) is 11.5 Å². The smallest absolute Gasteiger partial charge is 0.265 e. The van der Waals surface area contributed by atoms with E-state index in [2.05, 4.69) is 15.4 Å². The number of aromatic nitrogens is 3. The highest BCUT2D eigenvalue weighted by Gasteiger charge is 2.23. The van der Waals surface area contributed by atoms with Gasteiger partial charge in [-0.1, -0.05) is 0 Å². The minimum Gasteiger partial charge on any atom is -0.485 e. The predicted molar refractivity (Wildman–Crippen MR) is 72.3 cm³/mol. The Morgan fingerprint density at radius 1 is 1.50 bits per heavy atom. The molecule has 7 nitrogen and oxygen atoms in total. The highest BCUT2D eigenvalue weighted by Crippen LogP contribution is 2.39. The molecule has 0 saturated heterocycles. The lowest BCUT2D eigenvalue weighted by molar-refractivity contribution is 0.0948. The van der Waals surface area contributed by atoms with Gasteiger partial charge in [0.2, 0.25) is 0 Å². The number of carbonyl (C=O) groups is 1. The topological polar surface area (TPSA) is 78.3 Å². The van der Waals surface area contributed by atoms with E-state index >= 15 is 0 Å². The van der Waals surface area contributed by atoms with E-state index in [0.29, 0.717) is 42.6 Å². The lowest BCUT2D eigenvalue weighted by Gasteiger charge is -2.15. The van der Waals surface area contributed by atoms with E-state index in [1.54, 1.807) is 10.1 Å². The first-order valence-electron chi connectivity index (χ1n) is 6.24. The van der Waals surface area contributed by atoms with Crippen molar-refractivity contribution >= 4 is 17.2 Å². The average Bonchev–Trinajstić information content (AvgIpc) is 3.05. The third-order valence-corrected chi connectivity index (χ3v) is 3.89. The zero-order valence-electron chi connectivity index (χ0n) is 11.0. The van der Waals surface area contributed by atoms with Crippen molar-refractivity contribution in [2.75, 3.05) is 19.8 Å². The first-order valence-corrected chi connectivity index (χ1v) is 7.12. The Morgan fingerprint density at radius 3 is 3.15 bits per heavy atom. The van der Waals surface area contributed by atoms with Crippen LogP contribution in [0.3, 0.4) is 0 Å². The number of thiophene rings is 1. The van der Waals surface area contributed by atoms with Crippen molar-refractivity contribution in [3.63, 3.8) is 0 Å². The average molecular weight is 294 g/mol. The van der Waals surface area contributed by atoms with Gasteiger partial charge in [-0.3, -0.25) is 9.48 Å².